The zero-order valence-corrected chi connectivity index (χ0v) is 8.14. The van der Waals surface area contributed by atoms with Gasteiger partial charge >= 0.3 is 5.97 Å². The Morgan fingerprint density at radius 3 is 2.77 bits per heavy atom. The summed E-state index contributed by atoms with van der Waals surface area (Å²) in [5.74, 6) is -1.72. The summed E-state index contributed by atoms with van der Waals surface area (Å²) in [5.41, 5.74) is 5.59. The summed E-state index contributed by atoms with van der Waals surface area (Å²) in [5, 5.41) is 8.47. The zero-order valence-electron chi connectivity index (χ0n) is 6.55. The van der Waals surface area contributed by atoms with Gasteiger partial charge in [0.25, 0.3) is 0 Å². The van der Waals surface area contributed by atoms with Gasteiger partial charge in [-0.05, 0) is 28.1 Å². The van der Waals surface area contributed by atoms with Crippen molar-refractivity contribution in [1.82, 2.24) is 0 Å². The SMILES string of the molecule is Nc1ccc(Br)c(F)c1CC(=O)O. The van der Waals surface area contributed by atoms with Crippen LogP contribution in [0.2, 0.25) is 0 Å². The predicted molar refractivity (Wildman–Crippen MR) is 49.9 cm³/mol. The van der Waals surface area contributed by atoms with Gasteiger partial charge in [0.1, 0.15) is 5.82 Å². The number of benzene rings is 1. The van der Waals surface area contributed by atoms with Crippen LogP contribution in [0.4, 0.5) is 10.1 Å². The van der Waals surface area contributed by atoms with Crippen molar-refractivity contribution in [2.45, 2.75) is 6.42 Å². The van der Waals surface area contributed by atoms with Crippen molar-refractivity contribution in [2.75, 3.05) is 5.73 Å². The van der Waals surface area contributed by atoms with E-state index in [1.807, 2.05) is 0 Å². The Morgan fingerprint density at radius 1 is 1.62 bits per heavy atom. The number of hydrogen-bond donors (Lipinski definition) is 2. The van der Waals surface area contributed by atoms with Gasteiger partial charge in [-0.2, -0.15) is 0 Å². The van der Waals surface area contributed by atoms with Crippen LogP contribution >= 0.6 is 15.9 Å². The fraction of sp³-hybridized carbons (Fsp3) is 0.125. The predicted octanol–water partition coefficient (Wildman–Crippen LogP) is 1.80. The van der Waals surface area contributed by atoms with Crippen LogP contribution in [0.3, 0.4) is 0 Å². The van der Waals surface area contributed by atoms with Crippen molar-refractivity contribution in [3.63, 3.8) is 0 Å². The molecule has 0 heterocycles. The van der Waals surface area contributed by atoms with Gasteiger partial charge in [0, 0.05) is 11.3 Å². The van der Waals surface area contributed by atoms with Crippen molar-refractivity contribution in [1.29, 1.82) is 0 Å². The monoisotopic (exact) mass is 247 g/mol. The molecule has 0 atom stereocenters. The second kappa shape index (κ2) is 3.74. The van der Waals surface area contributed by atoms with Gasteiger partial charge in [-0.15, -0.1) is 0 Å². The second-order valence-electron chi connectivity index (χ2n) is 2.50. The highest BCUT2D eigenvalue weighted by Crippen LogP contribution is 2.24. The van der Waals surface area contributed by atoms with Crippen molar-refractivity contribution >= 4 is 27.6 Å². The zero-order chi connectivity index (χ0) is 10.0. The van der Waals surface area contributed by atoms with Gasteiger partial charge in [-0.3, -0.25) is 4.79 Å². The van der Waals surface area contributed by atoms with Gasteiger partial charge in [0.15, 0.2) is 0 Å². The average Bonchev–Trinajstić information content (AvgIpc) is 2.05. The van der Waals surface area contributed by atoms with Crippen LogP contribution in [0.25, 0.3) is 0 Å². The van der Waals surface area contributed by atoms with E-state index in [9.17, 15) is 9.18 Å². The minimum Gasteiger partial charge on any atom is -0.481 e. The first-order valence-electron chi connectivity index (χ1n) is 3.46. The Morgan fingerprint density at radius 2 is 2.23 bits per heavy atom. The number of carboxylic acid groups (broad SMARTS) is 1. The highest BCUT2D eigenvalue weighted by Gasteiger charge is 2.12. The molecule has 5 heteroatoms. The third-order valence-corrected chi connectivity index (χ3v) is 2.17. The van der Waals surface area contributed by atoms with Gasteiger partial charge in [-0.1, -0.05) is 0 Å². The largest absolute Gasteiger partial charge is 0.481 e. The minimum absolute atomic E-state index is 0.0156. The summed E-state index contributed by atoms with van der Waals surface area (Å²) in [6.45, 7) is 0. The highest BCUT2D eigenvalue weighted by molar-refractivity contribution is 9.10. The number of carboxylic acids is 1. The Labute approximate surface area is 82.5 Å². The molecule has 0 bridgehead atoms. The summed E-state index contributed by atoms with van der Waals surface area (Å²) in [6, 6.07) is 2.90. The maximum absolute atomic E-state index is 13.2. The Bertz CT molecular complexity index is 354. The summed E-state index contributed by atoms with van der Waals surface area (Å²) in [4.78, 5) is 10.3. The maximum atomic E-state index is 13.2. The first-order valence-corrected chi connectivity index (χ1v) is 4.26. The molecule has 1 aromatic carbocycles. The summed E-state index contributed by atoms with van der Waals surface area (Å²) in [6.07, 6.45) is -0.406. The number of halogens is 2. The van der Waals surface area contributed by atoms with E-state index in [0.717, 1.165) is 0 Å². The number of nitrogens with two attached hydrogens (primary N) is 1. The molecule has 0 aliphatic rings. The van der Waals surface area contributed by atoms with Crippen LogP contribution in [0, 0.1) is 5.82 Å². The molecule has 0 aliphatic carbocycles. The normalized spacial score (nSPS) is 10.0. The maximum Gasteiger partial charge on any atom is 0.308 e. The molecule has 0 aromatic heterocycles. The molecule has 0 radical (unpaired) electrons. The van der Waals surface area contributed by atoms with E-state index >= 15 is 0 Å². The molecule has 1 rings (SSSR count). The van der Waals surface area contributed by atoms with Gasteiger partial charge in [0.05, 0.1) is 10.9 Å². The lowest BCUT2D eigenvalue weighted by Gasteiger charge is -2.05. The van der Waals surface area contributed by atoms with Crippen molar-refractivity contribution < 1.29 is 14.3 Å². The lowest BCUT2D eigenvalue weighted by molar-refractivity contribution is -0.136. The van der Waals surface area contributed by atoms with Crippen LogP contribution in [-0.2, 0) is 11.2 Å². The molecule has 0 saturated heterocycles. The first-order chi connectivity index (χ1) is 6.02. The molecule has 70 valence electrons. The van der Waals surface area contributed by atoms with E-state index in [-0.39, 0.29) is 15.7 Å². The fourth-order valence-electron chi connectivity index (χ4n) is 0.938. The number of carbonyl (C=O) groups is 1. The van der Waals surface area contributed by atoms with Crippen LogP contribution in [0.5, 0.6) is 0 Å². The van der Waals surface area contributed by atoms with Gasteiger partial charge in [0.2, 0.25) is 0 Å². The first kappa shape index (κ1) is 9.98. The Hall–Kier alpha value is -1.10. The molecular weight excluding hydrogens is 241 g/mol. The van der Waals surface area contributed by atoms with E-state index in [0.29, 0.717) is 0 Å². The molecule has 0 fully saturated rings. The summed E-state index contributed by atoms with van der Waals surface area (Å²) >= 11 is 2.95. The van der Waals surface area contributed by atoms with E-state index in [4.69, 9.17) is 10.8 Å². The molecule has 0 unspecified atom stereocenters. The molecular formula is C8H7BrFNO2. The number of hydrogen-bond acceptors (Lipinski definition) is 2. The lowest BCUT2D eigenvalue weighted by Crippen LogP contribution is -2.06. The third-order valence-electron chi connectivity index (χ3n) is 1.56. The Balaban J connectivity index is 3.17. The number of nitrogen functional groups attached to an aromatic ring is 1. The van der Waals surface area contributed by atoms with Crippen LogP contribution in [0.15, 0.2) is 16.6 Å². The Kier molecular flexibility index (Phi) is 2.87. The van der Waals surface area contributed by atoms with Gasteiger partial charge < -0.3 is 10.8 Å². The van der Waals surface area contributed by atoms with Crippen molar-refractivity contribution in [3.8, 4) is 0 Å². The fourth-order valence-corrected chi connectivity index (χ4v) is 1.31. The van der Waals surface area contributed by atoms with E-state index in [1.54, 1.807) is 0 Å². The summed E-state index contributed by atoms with van der Waals surface area (Å²) in [7, 11) is 0. The molecule has 0 spiro atoms. The van der Waals surface area contributed by atoms with E-state index in [2.05, 4.69) is 15.9 Å². The highest BCUT2D eigenvalue weighted by atomic mass is 79.9. The topological polar surface area (TPSA) is 63.3 Å². The smallest absolute Gasteiger partial charge is 0.308 e. The molecule has 0 amide bonds. The average molecular weight is 248 g/mol. The molecule has 1 aromatic rings. The second-order valence-corrected chi connectivity index (χ2v) is 3.35. The summed E-state index contributed by atoms with van der Waals surface area (Å²) < 4.78 is 13.5. The third kappa shape index (κ3) is 2.18. The van der Waals surface area contributed by atoms with E-state index < -0.39 is 18.2 Å². The van der Waals surface area contributed by atoms with Gasteiger partial charge in [-0.25, -0.2) is 4.39 Å². The number of rotatable bonds is 2. The molecule has 3 nitrogen and oxygen atoms in total. The number of aliphatic carboxylic acids is 1. The number of anilines is 1. The van der Waals surface area contributed by atoms with Crippen LogP contribution in [0.1, 0.15) is 5.56 Å². The quantitative estimate of drug-likeness (QED) is 0.784. The molecule has 13 heavy (non-hydrogen) atoms. The van der Waals surface area contributed by atoms with Crippen LogP contribution < -0.4 is 5.73 Å². The van der Waals surface area contributed by atoms with E-state index in [1.165, 1.54) is 12.1 Å². The van der Waals surface area contributed by atoms with Crippen molar-refractivity contribution in [3.05, 3.63) is 28.0 Å². The minimum atomic E-state index is -1.11. The molecule has 0 saturated carbocycles. The standard InChI is InChI=1S/C8H7BrFNO2/c9-5-1-2-6(11)4(8(5)10)3-7(12)13/h1-2H,3,11H2,(H,12,13). The van der Waals surface area contributed by atoms with Crippen molar-refractivity contribution in [2.24, 2.45) is 0 Å². The molecule has 0 aliphatic heterocycles. The molecule has 3 N–H and O–H groups in total. The van der Waals surface area contributed by atoms with Crippen LogP contribution in [-0.4, -0.2) is 11.1 Å². The lowest BCUT2D eigenvalue weighted by atomic mass is 10.1.